The van der Waals surface area contributed by atoms with E-state index in [0.29, 0.717) is 11.6 Å². The summed E-state index contributed by atoms with van der Waals surface area (Å²) in [6, 6.07) is 3.59. The maximum Gasteiger partial charge on any atom is 0.229 e. The number of ether oxygens (including phenoxy) is 1. The molecule has 1 aliphatic heterocycles. The van der Waals surface area contributed by atoms with Gasteiger partial charge in [-0.05, 0) is 31.0 Å². The Morgan fingerprint density at radius 3 is 2.66 bits per heavy atom. The summed E-state index contributed by atoms with van der Waals surface area (Å²) in [6.07, 6.45) is 2.72. The quantitative estimate of drug-likeness (QED) is 0.500. The van der Waals surface area contributed by atoms with Crippen molar-refractivity contribution >= 4 is 27.4 Å². The van der Waals surface area contributed by atoms with E-state index in [1.807, 2.05) is 13.8 Å². The van der Waals surface area contributed by atoms with E-state index in [9.17, 15) is 12.8 Å². The van der Waals surface area contributed by atoms with E-state index in [2.05, 4.69) is 23.8 Å². The van der Waals surface area contributed by atoms with Crippen molar-refractivity contribution in [2.24, 2.45) is 0 Å². The number of anilines is 1. The molecule has 0 bridgehead atoms. The summed E-state index contributed by atoms with van der Waals surface area (Å²) < 4.78 is 57.1. The lowest BCUT2D eigenvalue weighted by atomic mass is 9.96. The van der Waals surface area contributed by atoms with Crippen LogP contribution in [0.3, 0.4) is 0 Å². The van der Waals surface area contributed by atoms with Crippen molar-refractivity contribution in [3.8, 4) is 5.75 Å². The monoisotopic (exact) mass is 481 g/mol. The number of rotatable bonds is 7. The average molecular weight is 482 g/mol. The molecule has 0 radical (unpaired) electrons. The summed E-state index contributed by atoms with van der Waals surface area (Å²) in [5.74, 6) is 1.79. The Hall–Kier alpha value is -2.60. The highest BCUT2D eigenvalue weighted by Crippen LogP contribution is 2.31. The van der Waals surface area contributed by atoms with Gasteiger partial charge in [-0.3, -0.25) is 0 Å². The largest absolute Gasteiger partial charge is 0.484 e. The van der Waals surface area contributed by atoms with Crippen LogP contribution in [0.25, 0.3) is 0 Å². The predicted octanol–water partition coefficient (Wildman–Crippen LogP) is 3.55. The molecule has 1 fully saturated rings. The van der Waals surface area contributed by atoms with Crippen LogP contribution in [-0.4, -0.2) is 46.7 Å². The highest BCUT2D eigenvalue weighted by Gasteiger charge is 2.28. The Morgan fingerprint density at radius 1 is 1.28 bits per heavy atom. The highest BCUT2D eigenvalue weighted by molar-refractivity contribution is 7.90. The molecular weight excluding hydrogens is 457 g/mol. The molecule has 12 heteroatoms. The van der Waals surface area contributed by atoms with Crippen LogP contribution in [0.1, 0.15) is 55.9 Å². The van der Waals surface area contributed by atoms with E-state index in [1.165, 1.54) is 12.1 Å². The number of hydrogen-bond acceptors (Lipinski definition) is 10. The molecule has 0 aliphatic carbocycles. The number of piperidine rings is 1. The third-order valence-electron chi connectivity index (χ3n) is 5.35. The average Bonchev–Trinajstić information content (AvgIpc) is 3.42. The first kappa shape index (κ1) is 22.6. The molecule has 3 aromatic rings. The van der Waals surface area contributed by atoms with Crippen molar-refractivity contribution < 1.29 is 22.1 Å². The summed E-state index contributed by atoms with van der Waals surface area (Å²) in [4.78, 5) is 6.55. The minimum absolute atomic E-state index is 0.0301. The lowest BCUT2D eigenvalue weighted by Crippen LogP contribution is -2.34. The van der Waals surface area contributed by atoms with Gasteiger partial charge in [-0.1, -0.05) is 19.0 Å². The topological polar surface area (TPSA) is 111 Å². The van der Waals surface area contributed by atoms with Gasteiger partial charge in [0, 0.05) is 31.2 Å². The van der Waals surface area contributed by atoms with Gasteiger partial charge in [0.25, 0.3) is 0 Å². The van der Waals surface area contributed by atoms with Gasteiger partial charge >= 0.3 is 0 Å². The van der Waals surface area contributed by atoms with Crippen molar-refractivity contribution in [2.45, 2.75) is 50.0 Å². The molecule has 2 aromatic heterocycles. The van der Waals surface area contributed by atoms with Gasteiger partial charge in [0.1, 0.15) is 12.3 Å². The highest BCUT2D eigenvalue weighted by atomic mass is 32.2. The van der Waals surface area contributed by atoms with Crippen LogP contribution in [-0.2, 0) is 16.4 Å². The number of aromatic nitrogens is 4. The first-order chi connectivity index (χ1) is 15.2. The molecular formula is C20H24FN5O4S2. The molecule has 0 spiro atoms. The Bertz CT molecular complexity index is 1190. The van der Waals surface area contributed by atoms with E-state index in [4.69, 9.17) is 9.26 Å². The summed E-state index contributed by atoms with van der Waals surface area (Å²) >= 11 is 1.07. The zero-order valence-corrected chi connectivity index (χ0v) is 19.6. The van der Waals surface area contributed by atoms with E-state index >= 15 is 0 Å². The van der Waals surface area contributed by atoms with E-state index in [1.54, 1.807) is 0 Å². The third-order valence-corrected chi connectivity index (χ3v) is 7.02. The minimum atomic E-state index is -3.49. The second kappa shape index (κ2) is 9.10. The number of hydrogen-bond donors (Lipinski definition) is 0. The maximum atomic E-state index is 14.3. The van der Waals surface area contributed by atoms with Crippen molar-refractivity contribution in [2.75, 3.05) is 24.2 Å². The smallest absolute Gasteiger partial charge is 0.229 e. The van der Waals surface area contributed by atoms with Crippen LogP contribution in [0.4, 0.5) is 10.2 Å². The van der Waals surface area contributed by atoms with Gasteiger partial charge < -0.3 is 14.2 Å². The van der Waals surface area contributed by atoms with Crippen LogP contribution in [0.15, 0.2) is 27.6 Å². The molecule has 9 nitrogen and oxygen atoms in total. The first-order valence-corrected chi connectivity index (χ1v) is 12.9. The lowest BCUT2D eigenvalue weighted by molar-refractivity contribution is 0.286. The fourth-order valence-electron chi connectivity index (χ4n) is 3.49. The molecule has 3 heterocycles. The fraction of sp³-hybridized carbons (Fsp3) is 0.500. The van der Waals surface area contributed by atoms with Gasteiger partial charge in [-0.15, -0.1) is 0 Å². The second-order valence-corrected chi connectivity index (χ2v) is 10.6. The molecule has 0 atom stereocenters. The van der Waals surface area contributed by atoms with Crippen LogP contribution in [0.2, 0.25) is 0 Å². The van der Waals surface area contributed by atoms with Crippen molar-refractivity contribution in [3.05, 3.63) is 41.4 Å². The van der Waals surface area contributed by atoms with Crippen LogP contribution in [0, 0.1) is 5.82 Å². The number of nitrogens with zero attached hydrogens (tertiary/aromatic N) is 5. The zero-order chi connectivity index (χ0) is 22.9. The summed E-state index contributed by atoms with van der Waals surface area (Å²) in [6.45, 7) is 5.59. The zero-order valence-electron chi connectivity index (χ0n) is 18.0. The molecule has 32 heavy (non-hydrogen) atoms. The Balaban J connectivity index is 1.38. The maximum absolute atomic E-state index is 14.3. The minimum Gasteiger partial charge on any atom is -0.484 e. The Labute approximate surface area is 189 Å². The van der Waals surface area contributed by atoms with Crippen molar-refractivity contribution in [3.63, 3.8) is 0 Å². The summed E-state index contributed by atoms with van der Waals surface area (Å²) in [5, 5.41) is 4.05. The van der Waals surface area contributed by atoms with E-state index in [0.717, 1.165) is 61.6 Å². The molecule has 172 valence electrons. The number of sulfone groups is 1. The van der Waals surface area contributed by atoms with Crippen molar-refractivity contribution in [1.29, 1.82) is 0 Å². The van der Waals surface area contributed by atoms with Crippen molar-refractivity contribution in [1.82, 2.24) is 18.9 Å². The summed E-state index contributed by atoms with van der Waals surface area (Å²) in [5.41, 5.74) is 0.611. The van der Waals surface area contributed by atoms with E-state index < -0.39 is 15.7 Å². The Kier molecular flexibility index (Phi) is 6.42. The van der Waals surface area contributed by atoms with Crippen LogP contribution < -0.4 is 9.64 Å². The van der Waals surface area contributed by atoms with Gasteiger partial charge in [0.15, 0.2) is 33.0 Å². The number of halogens is 1. The molecule has 0 amide bonds. The van der Waals surface area contributed by atoms with E-state index in [-0.39, 0.29) is 29.1 Å². The molecule has 0 saturated carbocycles. The molecule has 1 aromatic carbocycles. The second-order valence-electron chi connectivity index (χ2n) is 8.09. The van der Waals surface area contributed by atoms with Crippen LogP contribution in [0.5, 0.6) is 5.75 Å². The molecule has 4 rings (SSSR count). The Morgan fingerprint density at radius 2 is 2.03 bits per heavy atom. The van der Waals surface area contributed by atoms with Crippen LogP contribution >= 0.6 is 11.7 Å². The standard InChI is InChI=1S/C20H24FN5O4S2/c1-12(2)18-22-20(30-23-18)13-6-8-26(9-7-13)19-16(24-31-25-19)11-29-17-5-4-14(10-15(17)21)32(3,27)28/h4-5,10,12-13H,6-9,11H2,1-3H3. The van der Waals surface area contributed by atoms with Gasteiger partial charge in [0.2, 0.25) is 5.89 Å². The molecule has 0 N–H and O–H groups in total. The molecule has 1 saturated heterocycles. The molecule has 1 aliphatic rings. The molecule has 0 unspecified atom stereocenters. The van der Waals surface area contributed by atoms with Gasteiger partial charge in [-0.2, -0.15) is 13.7 Å². The normalized spacial score (nSPS) is 15.5. The SMILES string of the molecule is CC(C)c1noc(C2CCN(c3nsnc3COc3ccc(S(C)(=O)=O)cc3F)CC2)n1. The third kappa shape index (κ3) is 4.90. The first-order valence-electron chi connectivity index (χ1n) is 10.2. The van der Waals surface area contributed by atoms with Gasteiger partial charge in [0.05, 0.1) is 16.6 Å². The number of benzene rings is 1. The van der Waals surface area contributed by atoms with Gasteiger partial charge in [-0.25, -0.2) is 12.8 Å². The predicted molar refractivity (Wildman–Crippen MR) is 116 cm³/mol. The fourth-order valence-corrected chi connectivity index (χ4v) is 4.70. The lowest BCUT2D eigenvalue weighted by Gasteiger charge is -2.30. The summed E-state index contributed by atoms with van der Waals surface area (Å²) in [7, 11) is -3.49.